The predicted octanol–water partition coefficient (Wildman–Crippen LogP) is 2.43. The van der Waals surface area contributed by atoms with Crippen molar-refractivity contribution in [1.29, 1.82) is 0 Å². The summed E-state index contributed by atoms with van der Waals surface area (Å²) in [4.78, 5) is 36.4. The van der Waals surface area contributed by atoms with Gasteiger partial charge in [-0.2, -0.15) is 0 Å². The minimum absolute atomic E-state index is 0.00810. The molecule has 0 unspecified atom stereocenters. The molecular formula is C18H18N2O4S2. The number of carbonyl (C=O) groups is 3. The molecule has 1 fully saturated rings. The van der Waals surface area contributed by atoms with Gasteiger partial charge in [0.15, 0.2) is 0 Å². The van der Waals surface area contributed by atoms with Gasteiger partial charge in [0.2, 0.25) is 5.91 Å². The number of nitrogens with zero attached hydrogens (tertiary/aromatic N) is 1. The van der Waals surface area contributed by atoms with Gasteiger partial charge in [0, 0.05) is 13.0 Å². The van der Waals surface area contributed by atoms with Crippen molar-refractivity contribution >= 4 is 52.2 Å². The Kier molecular flexibility index (Phi) is 7.11. The van der Waals surface area contributed by atoms with E-state index >= 15 is 0 Å². The number of carboxylic acid groups (broad SMARTS) is 1. The van der Waals surface area contributed by atoms with Gasteiger partial charge >= 0.3 is 5.97 Å². The van der Waals surface area contributed by atoms with Crippen molar-refractivity contribution in [2.75, 3.05) is 13.1 Å². The molecule has 2 amide bonds. The van der Waals surface area contributed by atoms with Crippen molar-refractivity contribution in [3.05, 3.63) is 52.4 Å². The fourth-order valence-corrected chi connectivity index (χ4v) is 3.59. The predicted molar refractivity (Wildman–Crippen MR) is 105 cm³/mol. The number of benzene rings is 1. The van der Waals surface area contributed by atoms with Crippen LogP contribution in [0.5, 0.6) is 0 Å². The maximum Gasteiger partial charge on any atom is 0.322 e. The Labute approximate surface area is 160 Å². The fourth-order valence-electron chi connectivity index (χ4n) is 2.23. The number of hydrogen-bond acceptors (Lipinski definition) is 5. The molecular weight excluding hydrogens is 372 g/mol. The summed E-state index contributed by atoms with van der Waals surface area (Å²) >= 11 is 6.41. The van der Waals surface area contributed by atoms with Crippen LogP contribution in [0.15, 0.2) is 46.9 Å². The summed E-state index contributed by atoms with van der Waals surface area (Å²) < 4.78 is 0.389. The van der Waals surface area contributed by atoms with Crippen LogP contribution in [0.2, 0.25) is 0 Å². The smallest absolute Gasteiger partial charge is 0.322 e. The molecule has 0 atom stereocenters. The number of allylic oxidation sites excluding steroid dienone is 2. The Bertz CT molecular complexity index is 788. The molecule has 0 spiro atoms. The molecule has 0 aromatic heterocycles. The molecule has 6 nitrogen and oxygen atoms in total. The molecule has 1 aromatic carbocycles. The van der Waals surface area contributed by atoms with Crippen molar-refractivity contribution in [3.63, 3.8) is 0 Å². The first-order valence-corrected chi connectivity index (χ1v) is 9.06. The second kappa shape index (κ2) is 9.30. The molecule has 136 valence electrons. The lowest BCUT2D eigenvalue weighted by molar-refractivity contribution is -0.138. The third-order valence-electron chi connectivity index (χ3n) is 3.43. The quantitative estimate of drug-likeness (QED) is 0.549. The maximum atomic E-state index is 12.5. The summed E-state index contributed by atoms with van der Waals surface area (Å²) in [6.45, 7) is 1.58. The summed E-state index contributed by atoms with van der Waals surface area (Å²) in [7, 11) is 0. The second-order valence-electron chi connectivity index (χ2n) is 5.55. The van der Waals surface area contributed by atoms with Gasteiger partial charge in [-0.1, -0.05) is 60.4 Å². The van der Waals surface area contributed by atoms with Crippen LogP contribution >= 0.6 is 24.0 Å². The largest absolute Gasteiger partial charge is 0.480 e. The Hall–Kier alpha value is -2.45. The van der Waals surface area contributed by atoms with Crippen molar-refractivity contribution in [2.45, 2.75) is 13.3 Å². The van der Waals surface area contributed by atoms with Gasteiger partial charge in [0.05, 0.1) is 4.91 Å². The van der Waals surface area contributed by atoms with Crippen molar-refractivity contribution < 1.29 is 19.5 Å². The number of nitrogens with one attached hydrogen (secondary N) is 1. The maximum absolute atomic E-state index is 12.5. The monoisotopic (exact) mass is 390 g/mol. The van der Waals surface area contributed by atoms with E-state index in [-0.39, 0.29) is 18.9 Å². The first-order chi connectivity index (χ1) is 12.4. The minimum Gasteiger partial charge on any atom is -0.480 e. The van der Waals surface area contributed by atoms with E-state index < -0.39 is 18.4 Å². The molecule has 1 aliphatic rings. The van der Waals surface area contributed by atoms with Crippen LogP contribution in [0.25, 0.3) is 6.08 Å². The number of carboxylic acids is 1. The van der Waals surface area contributed by atoms with E-state index in [2.05, 4.69) is 5.32 Å². The number of rotatable bonds is 7. The highest BCUT2D eigenvalue weighted by atomic mass is 32.2. The van der Waals surface area contributed by atoms with Gasteiger partial charge in [0.25, 0.3) is 5.91 Å². The summed E-state index contributed by atoms with van der Waals surface area (Å²) in [6.07, 6.45) is 3.73. The van der Waals surface area contributed by atoms with Gasteiger partial charge in [-0.15, -0.1) is 0 Å². The SMILES string of the molecule is CC(/C=C1\SC(=S)N(CCC(=O)NCC(=O)O)C1=O)=C\c1ccccc1. The first kappa shape index (κ1) is 19.9. The molecule has 0 saturated carbocycles. The highest BCUT2D eigenvalue weighted by molar-refractivity contribution is 8.26. The molecule has 8 heteroatoms. The first-order valence-electron chi connectivity index (χ1n) is 7.84. The van der Waals surface area contributed by atoms with Gasteiger partial charge in [0.1, 0.15) is 10.9 Å². The molecule has 2 rings (SSSR count). The van der Waals surface area contributed by atoms with Crippen molar-refractivity contribution in [3.8, 4) is 0 Å². The number of thiocarbonyl (C=S) groups is 1. The van der Waals surface area contributed by atoms with Crippen LogP contribution in [0.1, 0.15) is 18.9 Å². The summed E-state index contributed by atoms with van der Waals surface area (Å²) in [5.41, 5.74) is 1.95. The standard InChI is InChI=1S/C18H18N2O4S2/c1-12(9-13-5-3-2-4-6-13)10-14-17(24)20(18(25)26-14)8-7-15(21)19-11-16(22)23/h2-6,9-10H,7-8,11H2,1H3,(H,19,21)(H,22,23)/b12-9+,14-10-. The normalized spacial score (nSPS) is 16.3. The zero-order chi connectivity index (χ0) is 19.1. The van der Waals surface area contributed by atoms with E-state index in [0.29, 0.717) is 9.23 Å². The van der Waals surface area contributed by atoms with E-state index in [4.69, 9.17) is 17.3 Å². The Morgan fingerprint density at radius 2 is 2.00 bits per heavy atom. The average molecular weight is 390 g/mol. The molecule has 1 aromatic rings. The van der Waals surface area contributed by atoms with Gasteiger partial charge in [-0.05, 0) is 24.1 Å². The highest BCUT2D eigenvalue weighted by Crippen LogP contribution is 2.32. The number of amides is 2. The van der Waals surface area contributed by atoms with E-state index in [1.807, 2.05) is 43.3 Å². The van der Waals surface area contributed by atoms with Crippen LogP contribution in [-0.2, 0) is 14.4 Å². The zero-order valence-corrected chi connectivity index (χ0v) is 15.7. The summed E-state index contributed by atoms with van der Waals surface area (Å²) in [5, 5.41) is 10.8. The van der Waals surface area contributed by atoms with Crippen LogP contribution in [0.3, 0.4) is 0 Å². The molecule has 0 bridgehead atoms. The molecule has 1 aliphatic heterocycles. The third kappa shape index (κ3) is 5.82. The van der Waals surface area contributed by atoms with E-state index in [0.717, 1.165) is 11.1 Å². The summed E-state index contributed by atoms with van der Waals surface area (Å²) in [6, 6.07) is 9.75. The van der Waals surface area contributed by atoms with E-state index in [9.17, 15) is 14.4 Å². The van der Waals surface area contributed by atoms with Crippen LogP contribution < -0.4 is 5.32 Å². The minimum atomic E-state index is -1.12. The van der Waals surface area contributed by atoms with Gasteiger partial charge < -0.3 is 10.4 Å². The molecule has 0 radical (unpaired) electrons. The van der Waals surface area contributed by atoms with Gasteiger partial charge in [-0.25, -0.2) is 0 Å². The van der Waals surface area contributed by atoms with Crippen LogP contribution in [0.4, 0.5) is 0 Å². The zero-order valence-electron chi connectivity index (χ0n) is 14.1. The summed E-state index contributed by atoms with van der Waals surface area (Å²) in [5.74, 6) is -1.80. The average Bonchev–Trinajstić information content (AvgIpc) is 2.85. The number of thioether (sulfide) groups is 1. The number of aliphatic carboxylic acids is 1. The Morgan fingerprint density at radius 3 is 2.65 bits per heavy atom. The van der Waals surface area contributed by atoms with Crippen molar-refractivity contribution in [1.82, 2.24) is 10.2 Å². The van der Waals surface area contributed by atoms with E-state index in [1.165, 1.54) is 16.7 Å². The van der Waals surface area contributed by atoms with Crippen LogP contribution in [-0.4, -0.2) is 45.2 Å². The third-order valence-corrected chi connectivity index (χ3v) is 4.80. The lowest BCUT2D eigenvalue weighted by atomic mass is 10.1. The lowest BCUT2D eigenvalue weighted by Gasteiger charge is -2.13. The topological polar surface area (TPSA) is 86.7 Å². The molecule has 0 aliphatic carbocycles. The highest BCUT2D eigenvalue weighted by Gasteiger charge is 2.32. The van der Waals surface area contributed by atoms with Crippen LogP contribution in [0, 0.1) is 0 Å². The number of carbonyl (C=O) groups excluding carboxylic acids is 2. The second-order valence-corrected chi connectivity index (χ2v) is 7.23. The van der Waals surface area contributed by atoms with Gasteiger partial charge in [-0.3, -0.25) is 19.3 Å². The molecule has 26 heavy (non-hydrogen) atoms. The molecule has 1 saturated heterocycles. The molecule has 1 heterocycles. The Morgan fingerprint density at radius 1 is 1.31 bits per heavy atom. The fraction of sp³-hybridized carbons (Fsp3) is 0.222. The molecule has 2 N–H and O–H groups in total. The lowest BCUT2D eigenvalue weighted by Crippen LogP contribution is -2.35. The number of hydrogen-bond donors (Lipinski definition) is 2. The van der Waals surface area contributed by atoms with Crippen molar-refractivity contribution in [2.24, 2.45) is 0 Å². The van der Waals surface area contributed by atoms with E-state index in [1.54, 1.807) is 6.08 Å². The Balaban J connectivity index is 1.98.